The number of furan rings is 1. The zero-order valence-electron chi connectivity index (χ0n) is 33.3. The molecule has 13 rings (SSSR count). The minimum Gasteiger partial charge on any atom is -0.454 e. The van der Waals surface area contributed by atoms with E-state index in [1.807, 2.05) is 18.2 Å². The number of fused-ring (bicyclic) bond motifs is 10. The molecule has 10 aromatic carbocycles. The molecule has 62 heavy (non-hydrogen) atoms. The molecule has 0 atom stereocenters. The topological polar surface area (TPSA) is 56.7 Å². The fourth-order valence-electron chi connectivity index (χ4n) is 9.52. The molecule has 0 aliphatic heterocycles. The lowest BCUT2D eigenvalue weighted by molar-refractivity contribution is 0.666. The van der Waals surface area contributed by atoms with E-state index in [9.17, 15) is 0 Å². The Morgan fingerprint density at radius 1 is 0.339 bits per heavy atom. The second kappa shape index (κ2) is 13.6. The molecule has 13 aromatic rings. The highest BCUT2D eigenvalue weighted by molar-refractivity contribution is 6.18. The fourth-order valence-corrected chi connectivity index (χ4v) is 9.52. The number of rotatable bonds is 5. The number of hydrogen-bond acceptors (Lipinski definition) is 4. The molecule has 5 heteroatoms. The number of hydrogen-bond donors (Lipinski definition) is 0. The van der Waals surface area contributed by atoms with E-state index in [0.29, 0.717) is 17.5 Å². The third-order valence-corrected chi connectivity index (χ3v) is 12.4. The van der Waals surface area contributed by atoms with Crippen molar-refractivity contribution in [2.24, 2.45) is 0 Å². The fraction of sp³-hybridized carbons (Fsp3) is 0. The molecule has 0 bridgehead atoms. The van der Waals surface area contributed by atoms with Crippen LogP contribution in [-0.4, -0.2) is 19.5 Å². The summed E-state index contributed by atoms with van der Waals surface area (Å²) < 4.78 is 9.31. The molecule has 5 nitrogen and oxygen atoms in total. The van der Waals surface area contributed by atoms with Crippen LogP contribution in [-0.2, 0) is 0 Å². The summed E-state index contributed by atoms with van der Waals surface area (Å²) in [6, 6.07) is 72.6. The van der Waals surface area contributed by atoms with Gasteiger partial charge in [0.15, 0.2) is 23.1 Å². The second-order valence-electron chi connectivity index (χ2n) is 15.9. The van der Waals surface area contributed by atoms with E-state index in [2.05, 4.69) is 193 Å². The molecule has 0 N–H and O–H groups in total. The third kappa shape index (κ3) is 5.32. The quantitative estimate of drug-likeness (QED) is 0.163. The van der Waals surface area contributed by atoms with Crippen molar-refractivity contribution in [3.8, 4) is 51.0 Å². The Bertz CT molecular complexity index is 3920. The molecule has 0 amide bonds. The van der Waals surface area contributed by atoms with Gasteiger partial charge in [-0.05, 0) is 85.9 Å². The lowest BCUT2D eigenvalue weighted by Crippen LogP contribution is -2.02. The Morgan fingerprint density at radius 3 is 1.73 bits per heavy atom. The van der Waals surface area contributed by atoms with Crippen molar-refractivity contribution in [1.29, 1.82) is 0 Å². The van der Waals surface area contributed by atoms with Crippen LogP contribution in [0.1, 0.15) is 0 Å². The monoisotopic (exact) mass is 790 g/mol. The molecule has 0 saturated heterocycles. The summed E-state index contributed by atoms with van der Waals surface area (Å²) in [5, 5.41) is 11.3. The lowest BCUT2D eigenvalue weighted by Gasteiger charge is -2.14. The van der Waals surface area contributed by atoms with Crippen LogP contribution in [0.15, 0.2) is 211 Å². The van der Waals surface area contributed by atoms with Crippen LogP contribution in [0.3, 0.4) is 0 Å². The zero-order chi connectivity index (χ0) is 40.7. The van der Waals surface area contributed by atoms with Gasteiger partial charge in [-0.15, -0.1) is 0 Å². The number of para-hydroxylation sites is 2. The summed E-state index contributed by atoms with van der Waals surface area (Å²) in [5.41, 5.74) is 9.76. The Balaban J connectivity index is 1.09. The molecule has 0 aliphatic carbocycles. The van der Waals surface area contributed by atoms with Crippen molar-refractivity contribution in [3.05, 3.63) is 206 Å². The zero-order valence-corrected chi connectivity index (χ0v) is 33.3. The average molecular weight is 791 g/mol. The number of aromatic nitrogens is 4. The highest BCUT2D eigenvalue weighted by Crippen LogP contribution is 2.43. The van der Waals surface area contributed by atoms with E-state index in [1.54, 1.807) is 0 Å². The molecular weight excluding hydrogens is 757 g/mol. The predicted octanol–water partition coefficient (Wildman–Crippen LogP) is 15.0. The average Bonchev–Trinajstić information content (AvgIpc) is 3.89. The van der Waals surface area contributed by atoms with Crippen LogP contribution in [0.5, 0.6) is 0 Å². The van der Waals surface area contributed by atoms with Gasteiger partial charge in [0.25, 0.3) is 0 Å². The standard InChI is InChI=1S/C57H34N4O/c1-2-14-35(15-3-1)36-26-28-37(29-27-36)55-58-56(60-57(59-55)48-33-40-18-6-7-19-41(40)42-20-8-9-21-43(42)48)46-30-31-50(54-53(46)45-23-11-13-25-52(45)62-54)61-49-24-12-10-22-44(49)47-32-38-16-4-5-17-39(38)34-51(47)61/h1-34H. The Morgan fingerprint density at radius 2 is 0.919 bits per heavy atom. The van der Waals surface area contributed by atoms with Crippen LogP contribution in [0.2, 0.25) is 0 Å². The van der Waals surface area contributed by atoms with Gasteiger partial charge in [-0.2, -0.15) is 0 Å². The smallest absolute Gasteiger partial charge is 0.164 e. The second-order valence-corrected chi connectivity index (χ2v) is 15.9. The van der Waals surface area contributed by atoms with E-state index >= 15 is 0 Å². The third-order valence-electron chi connectivity index (χ3n) is 12.4. The summed E-state index contributed by atoms with van der Waals surface area (Å²) >= 11 is 0. The molecule has 288 valence electrons. The minimum absolute atomic E-state index is 0.575. The highest BCUT2D eigenvalue weighted by atomic mass is 16.3. The van der Waals surface area contributed by atoms with Gasteiger partial charge < -0.3 is 8.98 Å². The molecule has 0 saturated carbocycles. The van der Waals surface area contributed by atoms with E-state index in [-0.39, 0.29) is 0 Å². The van der Waals surface area contributed by atoms with Crippen LogP contribution in [0.25, 0.3) is 127 Å². The molecule has 0 spiro atoms. The van der Waals surface area contributed by atoms with Gasteiger partial charge in [0, 0.05) is 38.2 Å². The van der Waals surface area contributed by atoms with Crippen molar-refractivity contribution >= 4 is 76.1 Å². The number of nitrogens with zero attached hydrogens (tertiary/aromatic N) is 4. The Hall–Kier alpha value is -8.41. The Labute approximate surface area is 355 Å². The molecule has 0 unspecified atom stereocenters. The maximum atomic E-state index is 6.95. The van der Waals surface area contributed by atoms with Gasteiger partial charge in [0.2, 0.25) is 0 Å². The van der Waals surface area contributed by atoms with Crippen LogP contribution < -0.4 is 0 Å². The Kier molecular flexibility index (Phi) is 7.54. The molecule has 0 radical (unpaired) electrons. The van der Waals surface area contributed by atoms with Crippen molar-refractivity contribution in [1.82, 2.24) is 19.5 Å². The highest BCUT2D eigenvalue weighted by Gasteiger charge is 2.24. The first-order valence-electron chi connectivity index (χ1n) is 20.9. The molecule has 3 aromatic heterocycles. The van der Waals surface area contributed by atoms with Gasteiger partial charge in [-0.25, -0.2) is 15.0 Å². The van der Waals surface area contributed by atoms with E-state index < -0.39 is 0 Å². The summed E-state index contributed by atoms with van der Waals surface area (Å²) in [6.07, 6.45) is 0. The molecule has 3 heterocycles. The maximum absolute atomic E-state index is 6.95. The van der Waals surface area contributed by atoms with Crippen LogP contribution >= 0.6 is 0 Å². The van der Waals surface area contributed by atoms with Crippen molar-refractivity contribution in [2.75, 3.05) is 0 Å². The van der Waals surface area contributed by atoms with Gasteiger partial charge in [-0.1, -0.05) is 164 Å². The van der Waals surface area contributed by atoms with Gasteiger partial charge in [-0.3, -0.25) is 0 Å². The van der Waals surface area contributed by atoms with E-state index in [1.165, 1.54) is 26.9 Å². The first kappa shape index (κ1) is 34.5. The van der Waals surface area contributed by atoms with Crippen molar-refractivity contribution in [2.45, 2.75) is 0 Å². The molecule has 0 fully saturated rings. The van der Waals surface area contributed by atoms with Crippen LogP contribution in [0.4, 0.5) is 0 Å². The van der Waals surface area contributed by atoms with Crippen LogP contribution in [0, 0.1) is 0 Å². The maximum Gasteiger partial charge on any atom is 0.164 e. The number of benzene rings is 10. The molecule has 0 aliphatic rings. The summed E-state index contributed by atoms with van der Waals surface area (Å²) in [7, 11) is 0. The largest absolute Gasteiger partial charge is 0.454 e. The summed E-state index contributed by atoms with van der Waals surface area (Å²) in [6.45, 7) is 0. The van der Waals surface area contributed by atoms with Gasteiger partial charge in [0.05, 0.1) is 16.7 Å². The first-order chi connectivity index (χ1) is 30.7. The SMILES string of the molecule is c1ccc(-c2ccc(-c3nc(-c4cc5ccccc5c5ccccc45)nc(-c4ccc(-n5c6ccccc6c6cc7ccccc7cc65)c5oc6ccccc6c45)n3)cc2)cc1. The minimum atomic E-state index is 0.575. The predicted molar refractivity (Wildman–Crippen MR) is 256 cm³/mol. The van der Waals surface area contributed by atoms with Gasteiger partial charge >= 0.3 is 0 Å². The summed E-state index contributed by atoms with van der Waals surface area (Å²) in [4.78, 5) is 16.0. The first-order valence-corrected chi connectivity index (χ1v) is 20.9. The van der Waals surface area contributed by atoms with Crippen molar-refractivity contribution < 1.29 is 4.42 Å². The van der Waals surface area contributed by atoms with Gasteiger partial charge in [0.1, 0.15) is 5.58 Å². The lowest BCUT2D eigenvalue weighted by atomic mass is 9.96. The normalized spacial score (nSPS) is 11.9. The van der Waals surface area contributed by atoms with E-state index in [0.717, 1.165) is 82.6 Å². The molecular formula is C57H34N4O. The van der Waals surface area contributed by atoms with Crippen molar-refractivity contribution in [3.63, 3.8) is 0 Å². The summed E-state index contributed by atoms with van der Waals surface area (Å²) in [5.74, 6) is 1.78. The van der Waals surface area contributed by atoms with E-state index in [4.69, 9.17) is 19.4 Å².